The average Bonchev–Trinajstić information content (AvgIpc) is 3.47. The Morgan fingerprint density at radius 2 is 1.54 bits per heavy atom. The summed E-state index contributed by atoms with van der Waals surface area (Å²) < 4.78 is 18.1. The average molecular weight is 509 g/mol. The van der Waals surface area contributed by atoms with Gasteiger partial charge in [-0.1, -0.05) is 127 Å². The smallest absolute Gasteiger partial charge is 0.260 e. The van der Waals surface area contributed by atoms with Crippen LogP contribution in [0.4, 0.5) is 0 Å². The second-order valence-corrected chi connectivity index (χ2v) is 11.0. The zero-order chi connectivity index (χ0) is 25.5. The van der Waals surface area contributed by atoms with Gasteiger partial charge in [0.15, 0.2) is 11.6 Å². The van der Waals surface area contributed by atoms with Gasteiger partial charge < -0.3 is 14.2 Å². The lowest BCUT2D eigenvalue weighted by atomic mass is 9.99. The number of hydrogen-bond acceptors (Lipinski definition) is 5. The molecule has 0 N–H and O–H groups in total. The largest absolute Gasteiger partial charge is 0.487 e. The van der Waals surface area contributed by atoms with Crippen LogP contribution in [-0.2, 0) is 4.74 Å². The second kappa shape index (κ2) is 16.0. The van der Waals surface area contributed by atoms with E-state index in [2.05, 4.69) is 11.9 Å². The van der Waals surface area contributed by atoms with Crippen molar-refractivity contribution in [2.24, 2.45) is 5.92 Å². The lowest BCUT2D eigenvalue weighted by Gasteiger charge is -2.12. The Bertz CT molecular complexity index is 885. The summed E-state index contributed by atoms with van der Waals surface area (Å²) in [4.78, 5) is 9.28. The number of unbranched alkanes of at least 4 members (excludes halogenated alkanes) is 8. The standard InChI is InChI=1S/C32H48N2O3/c1-2-3-4-13-22-28-30(37-28)25-36-32-29(24-33-31(34-32)27-20-11-9-12-21-27)35-23-16-8-6-5-7-10-17-26-18-14-15-19-26/h9,11-12,20-21,24,26,28,30H,2-8,10,13-19,22-23,25H2,1H3. The van der Waals surface area contributed by atoms with Gasteiger partial charge in [0.05, 0.1) is 18.9 Å². The Kier molecular flexibility index (Phi) is 12.0. The molecule has 2 atom stereocenters. The summed E-state index contributed by atoms with van der Waals surface area (Å²) in [6.45, 7) is 3.43. The fourth-order valence-electron chi connectivity index (χ4n) is 5.52. The molecule has 1 saturated carbocycles. The second-order valence-electron chi connectivity index (χ2n) is 11.0. The molecule has 2 aromatic rings. The van der Waals surface area contributed by atoms with E-state index in [0.29, 0.717) is 36.8 Å². The third-order valence-corrected chi connectivity index (χ3v) is 7.91. The van der Waals surface area contributed by atoms with E-state index in [0.717, 1.165) is 24.3 Å². The highest BCUT2D eigenvalue weighted by Gasteiger charge is 2.39. The van der Waals surface area contributed by atoms with E-state index in [9.17, 15) is 0 Å². The van der Waals surface area contributed by atoms with Crippen molar-refractivity contribution in [3.63, 3.8) is 0 Å². The van der Waals surface area contributed by atoms with Gasteiger partial charge >= 0.3 is 0 Å². The van der Waals surface area contributed by atoms with E-state index < -0.39 is 0 Å². The summed E-state index contributed by atoms with van der Waals surface area (Å²) in [5.41, 5.74) is 0.975. The van der Waals surface area contributed by atoms with Crippen LogP contribution in [0.5, 0.6) is 11.6 Å². The van der Waals surface area contributed by atoms with Crippen LogP contribution in [0.15, 0.2) is 36.5 Å². The minimum atomic E-state index is 0.165. The quantitative estimate of drug-likeness (QED) is 0.140. The van der Waals surface area contributed by atoms with Crippen LogP contribution in [0.3, 0.4) is 0 Å². The molecule has 37 heavy (non-hydrogen) atoms. The van der Waals surface area contributed by atoms with E-state index in [-0.39, 0.29) is 6.10 Å². The Labute approximate surface area is 224 Å². The molecule has 2 aliphatic rings. The first kappa shape index (κ1) is 27.9. The predicted octanol–water partition coefficient (Wildman–Crippen LogP) is 8.56. The van der Waals surface area contributed by atoms with Crippen molar-refractivity contribution < 1.29 is 14.2 Å². The SMILES string of the molecule is CCCCCCC1OC1COc1nc(-c2ccccc2)ncc1OCCCCCCCCC1CCCC1. The molecular weight excluding hydrogens is 460 g/mol. The first-order valence-electron chi connectivity index (χ1n) is 15.2. The van der Waals surface area contributed by atoms with Crippen molar-refractivity contribution in [1.82, 2.24) is 9.97 Å². The zero-order valence-corrected chi connectivity index (χ0v) is 23.0. The number of nitrogens with zero attached hydrogens (tertiary/aromatic N) is 2. The van der Waals surface area contributed by atoms with E-state index in [1.807, 2.05) is 30.3 Å². The highest BCUT2D eigenvalue weighted by molar-refractivity contribution is 5.56. The molecule has 1 aromatic heterocycles. The summed E-state index contributed by atoms with van der Waals surface area (Å²) >= 11 is 0. The molecule has 204 valence electrons. The molecule has 1 aliphatic heterocycles. The Balaban J connectivity index is 1.18. The molecule has 1 saturated heterocycles. The van der Waals surface area contributed by atoms with Crippen molar-refractivity contribution in [2.45, 2.75) is 122 Å². The highest BCUT2D eigenvalue weighted by atomic mass is 16.6. The molecular formula is C32H48N2O3. The topological polar surface area (TPSA) is 56.8 Å². The maximum absolute atomic E-state index is 6.14. The normalized spacial score (nSPS) is 19.3. The van der Waals surface area contributed by atoms with Crippen molar-refractivity contribution >= 4 is 0 Å². The molecule has 0 spiro atoms. The first-order chi connectivity index (χ1) is 18.3. The summed E-state index contributed by atoms with van der Waals surface area (Å²) in [5.74, 6) is 2.86. The molecule has 4 rings (SSSR count). The van der Waals surface area contributed by atoms with Crippen LogP contribution in [0.25, 0.3) is 11.4 Å². The van der Waals surface area contributed by atoms with Gasteiger partial charge in [0.25, 0.3) is 5.88 Å². The first-order valence-corrected chi connectivity index (χ1v) is 15.2. The maximum atomic E-state index is 6.14. The predicted molar refractivity (Wildman–Crippen MR) is 150 cm³/mol. The number of rotatable bonds is 19. The van der Waals surface area contributed by atoms with Crippen LogP contribution in [0.1, 0.15) is 110 Å². The van der Waals surface area contributed by atoms with Crippen LogP contribution in [-0.4, -0.2) is 35.4 Å². The number of hydrogen-bond donors (Lipinski definition) is 0. The zero-order valence-electron chi connectivity index (χ0n) is 23.0. The van der Waals surface area contributed by atoms with Gasteiger partial charge in [-0.05, 0) is 18.8 Å². The molecule has 2 fully saturated rings. The lowest BCUT2D eigenvalue weighted by molar-refractivity contribution is 0.229. The Morgan fingerprint density at radius 3 is 2.35 bits per heavy atom. The molecule has 2 heterocycles. The summed E-state index contributed by atoms with van der Waals surface area (Å²) in [6.07, 6.45) is 23.5. The minimum Gasteiger partial charge on any atom is -0.487 e. The van der Waals surface area contributed by atoms with Crippen molar-refractivity contribution in [1.29, 1.82) is 0 Å². The van der Waals surface area contributed by atoms with Crippen LogP contribution < -0.4 is 9.47 Å². The highest BCUT2D eigenvalue weighted by Crippen LogP contribution is 2.32. The number of epoxide rings is 1. The molecule has 0 bridgehead atoms. The fourth-order valence-corrected chi connectivity index (χ4v) is 5.52. The van der Waals surface area contributed by atoms with Crippen molar-refractivity contribution in [3.8, 4) is 23.0 Å². The minimum absolute atomic E-state index is 0.165. The van der Waals surface area contributed by atoms with Gasteiger partial charge in [0, 0.05) is 5.56 Å². The molecule has 1 aliphatic carbocycles. The van der Waals surface area contributed by atoms with Gasteiger partial charge in [-0.2, -0.15) is 4.98 Å². The monoisotopic (exact) mass is 508 g/mol. The molecule has 0 radical (unpaired) electrons. The molecule has 5 nitrogen and oxygen atoms in total. The van der Waals surface area contributed by atoms with E-state index in [1.165, 1.54) is 89.9 Å². The van der Waals surface area contributed by atoms with Crippen molar-refractivity contribution in [2.75, 3.05) is 13.2 Å². The van der Waals surface area contributed by atoms with E-state index >= 15 is 0 Å². The summed E-state index contributed by atoms with van der Waals surface area (Å²) in [7, 11) is 0. The maximum Gasteiger partial charge on any atom is 0.260 e. The molecule has 2 unspecified atom stereocenters. The lowest BCUT2D eigenvalue weighted by Crippen LogP contribution is -2.11. The summed E-state index contributed by atoms with van der Waals surface area (Å²) in [6, 6.07) is 10.0. The third-order valence-electron chi connectivity index (χ3n) is 7.91. The van der Waals surface area contributed by atoms with E-state index in [4.69, 9.17) is 19.2 Å². The fraction of sp³-hybridized carbons (Fsp3) is 0.688. The van der Waals surface area contributed by atoms with Gasteiger partial charge in [0.1, 0.15) is 12.7 Å². The summed E-state index contributed by atoms with van der Waals surface area (Å²) in [5, 5.41) is 0. The Morgan fingerprint density at radius 1 is 0.811 bits per heavy atom. The van der Waals surface area contributed by atoms with Gasteiger partial charge in [0.2, 0.25) is 0 Å². The van der Waals surface area contributed by atoms with Gasteiger partial charge in [-0.25, -0.2) is 4.98 Å². The molecule has 5 heteroatoms. The molecule has 1 aromatic carbocycles. The van der Waals surface area contributed by atoms with Crippen LogP contribution >= 0.6 is 0 Å². The number of ether oxygens (including phenoxy) is 3. The number of aromatic nitrogens is 2. The van der Waals surface area contributed by atoms with Gasteiger partial charge in [-0.3, -0.25) is 0 Å². The third kappa shape index (κ3) is 9.92. The van der Waals surface area contributed by atoms with Crippen LogP contribution in [0.2, 0.25) is 0 Å². The van der Waals surface area contributed by atoms with E-state index in [1.54, 1.807) is 6.20 Å². The van der Waals surface area contributed by atoms with Crippen molar-refractivity contribution in [3.05, 3.63) is 36.5 Å². The van der Waals surface area contributed by atoms with Crippen LogP contribution in [0, 0.1) is 5.92 Å². The Hall–Kier alpha value is -2.14. The van der Waals surface area contributed by atoms with Gasteiger partial charge in [-0.15, -0.1) is 0 Å². The molecule has 0 amide bonds. The number of benzene rings is 1.